The van der Waals surface area contributed by atoms with Crippen molar-refractivity contribution >= 4 is 29.2 Å². The topological polar surface area (TPSA) is 134 Å². The highest BCUT2D eigenvalue weighted by molar-refractivity contribution is 7.99. The van der Waals surface area contributed by atoms with E-state index in [1.54, 1.807) is 6.07 Å². The minimum atomic E-state index is -0.593. The van der Waals surface area contributed by atoms with Gasteiger partial charge in [-0.25, -0.2) is 4.98 Å². The fraction of sp³-hybridized carbons (Fsp3) is 0.182. The summed E-state index contributed by atoms with van der Waals surface area (Å²) in [6.45, 7) is -0.0503. The van der Waals surface area contributed by atoms with Gasteiger partial charge in [0.2, 0.25) is 0 Å². The molecule has 106 valence electrons. The van der Waals surface area contributed by atoms with Crippen LogP contribution in [0.25, 0.3) is 0 Å². The minimum absolute atomic E-state index is 0.0503. The molecule has 2 aromatic heterocycles. The monoisotopic (exact) mass is 296 g/mol. The Morgan fingerprint density at radius 3 is 3.00 bits per heavy atom. The molecule has 0 saturated carbocycles. The third-order valence-corrected chi connectivity index (χ3v) is 3.09. The van der Waals surface area contributed by atoms with Crippen molar-refractivity contribution in [1.29, 1.82) is 0 Å². The summed E-state index contributed by atoms with van der Waals surface area (Å²) in [5.74, 6) is -0.262. The third kappa shape index (κ3) is 3.19. The number of carbonyl (C=O) groups excluding carboxylic acids is 1. The molecule has 0 bridgehead atoms. The lowest BCUT2D eigenvalue weighted by Crippen LogP contribution is -2.22. The molecular weight excluding hydrogens is 284 g/mol. The maximum Gasteiger partial charge on any atom is 0.291 e. The van der Waals surface area contributed by atoms with E-state index in [4.69, 9.17) is 15.3 Å². The number of amides is 1. The predicted molar refractivity (Wildman–Crippen MR) is 73.7 cm³/mol. The van der Waals surface area contributed by atoms with Crippen LogP contribution < -0.4 is 16.6 Å². The quantitative estimate of drug-likeness (QED) is 0.460. The highest BCUT2D eigenvalue weighted by Crippen LogP contribution is 2.16. The molecule has 9 heteroatoms. The van der Waals surface area contributed by atoms with Crippen molar-refractivity contribution in [3.05, 3.63) is 34.5 Å². The molecular formula is C11H12N4O4S. The van der Waals surface area contributed by atoms with Gasteiger partial charge in [-0.3, -0.25) is 14.6 Å². The van der Waals surface area contributed by atoms with Crippen LogP contribution in [0.5, 0.6) is 0 Å². The van der Waals surface area contributed by atoms with Gasteiger partial charge < -0.3 is 20.6 Å². The van der Waals surface area contributed by atoms with Crippen LogP contribution in [-0.2, 0) is 0 Å². The lowest BCUT2D eigenvalue weighted by molar-refractivity contribution is 0.0996. The van der Waals surface area contributed by atoms with Gasteiger partial charge in [-0.2, -0.15) is 0 Å². The summed E-state index contributed by atoms with van der Waals surface area (Å²) in [6.07, 6.45) is 1.34. The first-order valence-electron chi connectivity index (χ1n) is 5.60. The Morgan fingerprint density at radius 1 is 1.60 bits per heavy atom. The molecule has 0 unspecified atom stereocenters. The number of hydrogen-bond acceptors (Lipinski definition) is 7. The van der Waals surface area contributed by atoms with Crippen molar-refractivity contribution in [3.63, 3.8) is 0 Å². The summed E-state index contributed by atoms with van der Waals surface area (Å²) in [7, 11) is 0. The molecule has 20 heavy (non-hydrogen) atoms. The first-order chi connectivity index (χ1) is 9.61. The van der Waals surface area contributed by atoms with E-state index >= 15 is 0 Å². The van der Waals surface area contributed by atoms with Gasteiger partial charge in [0.25, 0.3) is 11.5 Å². The van der Waals surface area contributed by atoms with Gasteiger partial charge in [0.15, 0.2) is 22.4 Å². The SMILES string of the molecule is Nc1nc(SCCO)[nH]c(=O)c1NC(=O)c1ccco1. The molecule has 2 heterocycles. The second-order valence-electron chi connectivity index (χ2n) is 3.63. The summed E-state index contributed by atoms with van der Waals surface area (Å²) in [5.41, 5.74) is 4.93. The molecule has 2 aromatic rings. The number of rotatable bonds is 5. The van der Waals surface area contributed by atoms with Crippen LogP contribution in [0, 0.1) is 0 Å². The highest BCUT2D eigenvalue weighted by atomic mass is 32.2. The summed E-state index contributed by atoms with van der Waals surface area (Å²) >= 11 is 1.15. The van der Waals surface area contributed by atoms with Crippen molar-refractivity contribution in [2.45, 2.75) is 5.16 Å². The summed E-state index contributed by atoms with van der Waals surface area (Å²) in [6, 6.07) is 3.01. The Hall–Kier alpha value is -2.26. The summed E-state index contributed by atoms with van der Waals surface area (Å²) in [5, 5.41) is 11.3. The van der Waals surface area contributed by atoms with Crippen molar-refractivity contribution in [3.8, 4) is 0 Å². The highest BCUT2D eigenvalue weighted by Gasteiger charge is 2.15. The number of H-pyrrole nitrogens is 1. The summed E-state index contributed by atoms with van der Waals surface area (Å²) < 4.78 is 4.91. The van der Waals surface area contributed by atoms with E-state index in [-0.39, 0.29) is 29.0 Å². The minimum Gasteiger partial charge on any atom is -0.459 e. The number of nitrogens with one attached hydrogen (secondary N) is 2. The van der Waals surface area contributed by atoms with Crippen LogP contribution in [0.4, 0.5) is 11.5 Å². The standard InChI is InChI=1S/C11H12N4O4S/c12-8-7(13-9(17)6-2-1-4-19-6)10(18)15-11(14-8)20-5-3-16/h1-2,4,16H,3,5H2,(H,13,17)(H3,12,14,15,18). The van der Waals surface area contributed by atoms with Gasteiger partial charge in [-0.05, 0) is 12.1 Å². The summed E-state index contributed by atoms with van der Waals surface area (Å²) in [4.78, 5) is 30.0. The fourth-order valence-corrected chi connectivity index (χ4v) is 2.00. The second-order valence-corrected chi connectivity index (χ2v) is 4.72. The smallest absolute Gasteiger partial charge is 0.291 e. The second kappa shape index (κ2) is 6.26. The zero-order chi connectivity index (χ0) is 14.5. The molecule has 0 radical (unpaired) electrons. The Labute approximate surface area is 117 Å². The number of thioether (sulfide) groups is 1. The maximum absolute atomic E-state index is 11.8. The van der Waals surface area contributed by atoms with Crippen LogP contribution in [0.2, 0.25) is 0 Å². The van der Waals surface area contributed by atoms with Crippen molar-refractivity contribution < 1.29 is 14.3 Å². The molecule has 5 N–H and O–H groups in total. The Bertz CT molecular complexity index is 653. The lowest BCUT2D eigenvalue weighted by Gasteiger charge is -2.06. The maximum atomic E-state index is 11.8. The first kappa shape index (κ1) is 14.2. The number of nitrogens with zero attached hydrogens (tertiary/aromatic N) is 1. The zero-order valence-corrected chi connectivity index (χ0v) is 11.1. The number of nitrogens with two attached hydrogens (primary N) is 1. The van der Waals surface area contributed by atoms with Crippen LogP contribution in [0.1, 0.15) is 10.6 Å². The van der Waals surface area contributed by atoms with Gasteiger partial charge in [-0.1, -0.05) is 11.8 Å². The average Bonchev–Trinajstić information content (AvgIpc) is 2.94. The lowest BCUT2D eigenvalue weighted by atomic mass is 10.4. The van der Waals surface area contributed by atoms with Crippen molar-refractivity contribution in [1.82, 2.24) is 9.97 Å². The van der Waals surface area contributed by atoms with E-state index in [0.29, 0.717) is 5.75 Å². The van der Waals surface area contributed by atoms with Crippen molar-refractivity contribution in [2.75, 3.05) is 23.4 Å². The van der Waals surface area contributed by atoms with Crippen molar-refractivity contribution in [2.24, 2.45) is 0 Å². The number of aliphatic hydroxyl groups is 1. The van der Waals surface area contributed by atoms with E-state index in [9.17, 15) is 9.59 Å². The molecule has 0 aliphatic carbocycles. The number of furan rings is 1. The normalized spacial score (nSPS) is 10.4. The van der Waals surface area contributed by atoms with E-state index in [2.05, 4.69) is 15.3 Å². The Balaban J connectivity index is 2.20. The predicted octanol–water partition coefficient (Wildman–Crippen LogP) is 0.282. The first-order valence-corrected chi connectivity index (χ1v) is 6.58. The number of hydrogen-bond donors (Lipinski definition) is 4. The van der Waals surface area contributed by atoms with Crippen LogP contribution in [0.3, 0.4) is 0 Å². The largest absolute Gasteiger partial charge is 0.459 e. The van der Waals surface area contributed by atoms with Crippen LogP contribution in [0.15, 0.2) is 32.8 Å². The number of anilines is 2. The Morgan fingerprint density at radius 2 is 2.40 bits per heavy atom. The molecule has 8 nitrogen and oxygen atoms in total. The average molecular weight is 296 g/mol. The van der Waals surface area contributed by atoms with Gasteiger partial charge >= 0.3 is 0 Å². The zero-order valence-electron chi connectivity index (χ0n) is 10.3. The van der Waals surface area contributed by atoms with E-state index in [1.807, 2.05) is 0 Å². The number of aromatic amines is 1. The van der Waals surface area contributed by atoms with Gasteiger partial charge in [0.1, 0.15) is 0 Å². The molecule has 0 saturated heterocycles. The number of carbonyl (C=O) groups is 1. The van der Waals surface area contributed by atoms with Gasteiger partial charge in [-0.15, -0.1) is 0 Å². The van der Waals surface area contributed by atoms with E-state index in [1.165, 1.54) is 12.3 Å². The van der Waals surface area contributed by atoms with Crippen LogP contribution >= 0.6 is 11.8 Å². The molecule has 0 fully saturated rings. The number of aromatic nitrogens is 2. The molecule has 0 atom stereocenters. The van der Waals surface area contributed by atoms with Crippen LogP contribution in [-0.4, -0.2) is 33.3 Å². The molecule has 0 spiro atoms. The molecule has 0 aliphatic heterocycles. The Kier molecular flexibility index (Phi) is 4.43. The molecule has 0 aliphatic rings. The van der Waals surface area contributed by atoms with Gasteiger partial charge in [0.05, 0.1) is 12.9 Å². The number of nitrogen functional groups attached to an aromatic ring is 1. The van der Waals surface area contributed by atoms with E-state index in [0.717, 1.165) is 11.8 Å². The molecule has 0 aromatic carbocycles. The van der Waals surface area contributed by atoms with E-state index < -0.39 is 11.5 Å². The fourth-order valence-electron chi connectivity index (χ4n) is 1.38. The van der Waals surface area contributed by atoms with Gasteiger partial charge in [0, 0.05) is 5.75 Å². The molecule has 2 rings (SSSR count). The number of aliphatic hydroxyl groups excluding tert-OH is 1. The molecule has 1 amide bonds. The third-order valence-electron chi connectivity index (χ3n) is 2.24.